The Morgan fingerprint density at radius 3 is 1.83 bits per heavy atom. The van der Waals surface area contributed by atoms with Gasteiger partial charge in [0, 0.05) is 6.08 Å². The van der Waals surface area contributed by atoms with Crippen molar-refractivity contribution in [3.63, 3.8) is 0 Å². The highest BCUT2D eigenvalue weighted by Gasteiger charge is 2.40. The summed E-state index contributed by atoms with van der Waals surface area (Å²) in [6.07, 6.45) is -5.72. The van der Waals surface area contributed by atoms with Crippen molar-refractivity contribution in [2.24, 2.45) is 0 Å². The molecule has 0 aromatic rings. The Hall–Kier alpha value is -0.390. The van der Waals surface area contributed by atoms with E-state index in [-0.39, 0.29) is 0 Å². The van der Waals surface area contributed by atoms with Crippen LogP contribution in [-0.4, -0.2) is 11.3 Å². The minimum Gasteiger partial charge on any atom is -0.202 e. The molecule has 0 fully saturated rings. The van der Waals surface area contributed by atoms with E-state index < -0.39 is 29.9 Å². The normalized spacial score (nSPS) is 12.9. The Morgan fingerprint density at radius 2 is 1.58 bits per heavy atom. The fourth-order valence-corrected chi connectivity index (χ4v) is 0.656. The third-order valence-electron chi connectivity index (χ3n) is 0.756. The van der Waals surface area contributed by atoms with Crippen molar-refractivity contribution >= 4 is 11.6 Å². The molecular formula is C5H3ClF6. The van der Waals surface area contributed by atoms with Crippen LogP contribution in [-0.2, 0) is 0 Å². The molecule has 0 nitrogen and oxygen atoms in total. The summed E-state index contributed by atoms with van der Waals surface area (Å²) < 4.78 is 69.9. The Labute approximate surface area is 68.8 Å². The van der Waals surface area contributed by atoms with Crippen LogP contribution < -0.4 is 0 Å². The Kier molecular flexibility index (Phi) is 3.44. The van der Waals surface area contributed by atoms with Gasteiger partial charge in [-0.15, -0.1) is 0 Å². The molecule has 0 saturated carbocycles. The molecule has 72 valence electrons. The van der Waals surface area contributed by atoms with Gasteiger partial charge in [-0.3, -0.25) is 0 Å². The van der Waals surface area contributed by atoms with Crippen LogP contribution in [0.1, 0.15) is 6.42 Å². The Morgan fingerprint density at radius 1 is 1.17 bits per heavy atom. The van der Waals surface area contributed by atoms with Gasteiger partial charge in [0.25, 0.3) is 12.0 Å². The van der Waals surface area contributed by atoms with E-state index >= 15 is 0 Å². The summed E-state index contributed by atoms with van der Waals surface area (Å²) in [5.41, 5.74) is 0. The van der Waals surface area contributed by atoms with Gasteiger partial charge in [-0.25, -0.2) is 8.78 Å². The number of allylic oxidation sites excluding steroid dienone is 1. The average molecular weight is 213 g/mol. The number of hydrogen-bond acceptors (Lipinski definition) is 0. The molecule has 12 heavy (non-hydrogen) atoms. The van der Waals surface area contributed by atoms with E-state index in [2.05, 4.69) is 11.6 Å². The van der Waals surface area contributed by atoms with Gasteiger partial charge in [-0.1, -0.05) is 0 Å². The number of alkyl halides is 5. The third-order valence-corrected chi connectivity index (χ3v) is 0.890. The molecule has 0 spiro atoms. The fourth-order valence-electron chi connectivity index (χ4n) is 0.478. The maximum Gasteiger partial charge on any atom is 0.327 e. The van der Waals surface area contributed by atoms with E-state index in [0.717, 1.165) is 0 Å². The summed E-state index contributed by atoms with van der Waals surface area (Å²) in [6.45, 7) is 0. The first-order valence-electron chi connectivity index (χ1n) is 2.61. The lowest BCUT2D eigenvalue weighted by Crippen LogP contribution is -2.22. The molecule has 0 aromatic heterocycles. The van der Waals surface area contributed by atoms with Crippen molar-refractivity contribution in [3.05, 3.63) is 12.2 Å². The summed E-state index contributed by atoms with van der Waals surface area (Å²) in [4.78, 5) is 0. The van der Waals surface area contributed by atoms with E-state index in [1.807, 2.05) is 0 Å². The van der Waals surface area contributed by atoms with Crippen molar-refractivity contribution in [3.8, 4) is 0 Å². The highest BCUT2D eigenvalue weighted by atomic mass is 35.5. The topological polar surface area (TPSA) is 0 Å². The number of hydrogen-bond donors (Lipinski definition) is 0. The standard InChI is InChI=1S/C5H3ClF6/c6-5(11,12)2-4(9,10)1-3(7)8/h1H,2H2. The molecular weight excluding hydrogens is 209 g/mol. The molecule has 0 N–H and O–H groups in total. The summed E-state index contributed by atoms with van der Waals surface area (Å²) >= 11 is 4.11. The lowest BCUT2D eigenvalue weighted by molar-refractivity contribution is -0.0380. The van der Waals surface area contributed by atoms with Crippen molar-refractivity contribution in [1.82, 2.24) is 0 Å². The first kappa shape index (κ1) is 11.6. The molecule has 0 heterocycles. The predicted molar refractivity (Wildman–Crippen MR) is 30.7 cm³/mol. The molecule has 0 unspecified atom stereocenters. The smallest absolute Gasteiger partial charge is 0.202 e. The van der Waals surface area contributed by atoms with Gasteiger partial charge in [0.2, 0.25) is 0 Å². The first-order chi connectivity index (χ1) is 5.12. The molecule has 0 saturated heterocycles. The maximum absolute atomic E-state index is 12.0. The lowest BCUT2D eigenvalue weighted by Gasteiger charge is -2.14. The average Bonchev–Trinajstić information content (AvgIpc) is 1.48. The van der Waals surface area contributed by atoms with Gasteiger partial charge in [0.15, 0.2) is 0 Å². The van der Waals surface area contributed by atoms with Crippen molar-refractivity contribution in [1.29, 1.82) is 0 Å². The van der Waals surface area contributed by atoms with E-state index in [1.54, 1.807) is 0 Å². The molecule has 0 rings (SSSR count). The van der Waals surface area contributed by atoms with Crippen molar-refractivity contribution in [2.75, 3.05) is 0 Å². The van der Waals surface area contributed by atoms with Crippen LogP contribution in [0.2, 0.25) is 0 Å². The fraction of sp³-hybridized carbons (Fsp3) is 0.600. The minimum atomic E-state index is -4.29. The molecule has 0 radical (unpaired) electrons. The highest BCUT2D eigenvalue weighted by Crippen LogP contribution is 2.35. The van der Waals surface area contributed by atoms with Crippen LogP contribution in [0.5, 0.6) is 0 Å². The molecule has 0 aliphatic heterocycles. The van der Waals surface area contributed by atoms with E-state index in [4.69, 9.17) is 0 Å². The zero-order chi connectivity index (χ0) is 9.99. The predicted octanol–water partition coefficient (Wildman–Crippen LogP) is 3.62. The molecule has 0 aromatic carbocycles. The van der Waals surface area contributed by atoms with E-state index in [1.165, 1.54) is 0 Å². The number of rotatable bonds is 3. The van der Waals surface area contributed by atoms with Gasteiger partial charge in [-0.2, -0.15) is 17.6 Å². The quantitative estimate of drug-likeness (QED) is 0.495. The zero-order valence-electron chi connectivity index (χ0n) is 5.43. The van der Waals surface area contributed by atoms with Crippen molar-refractivity contribution < 1.29 is 26.3 Å². The molecule has 0 aliphatic carbocycles. The first-order valence-corrected chi connectivity index (χ1v) is 2.99. The molecule has 7 heteroatoms. The largest absolute Gasteiger partial charge is 0.327 e. The second-order valence-electron chi connectivity index (χ2n) is 1.99. The summed E-state index contributed by atoms with van der Waals surface area (Å²) in [7, 11) is 0. The summed E-state index contributed by atoms with van der Waals surface area (Å²) in [5, 5.41) is -4.19. The zero-order valence-corrected chi connectivity index (χ0v) is 6.19. The van der Waals surface area contributed by atoms with Crippen LogP contribution in [0.25, 0.3) is 0 Å². The third kappa shape index (κ3) is 6.33. The van der Waals surface area contributed by atoms with E-state index in [9.17, 15) is 26.3 Å². The van der Waals surface area contributed by atoms with Crippen LogP contribution >= 0.6 is 11.6 Å². The molecule has 0 aliphatic rings. The van der Waals surface area contributed by atoms with Crippen LogP contribution in [0, 0.1) is 0 Å². The highest BCUT2D eigenvalue weighted by molar-refractivity contribution is 6.21. The minimum absolute atomic E-state index is 0.858. The van der Waals surface area contributed by atoms with Crippen LogP contribution in [0.3, 0.4) is 0 Å². The maximum atomic E-state index is 12.0. The van der Waals surface area contributed by atoms with Gasteiger partial charge in [-0.05, 0) is 11.6 Å². The lowest BCUT2D eigenvalue weighted by atomic mass is 10.2. The molecule has 0 amide bonds. The molecule has 0 atom stereocenters. The van der Waals surface area contributed by atoms with Crippen molar-refractivity contribution in [2.45, 2.75) is 17.7 Å². The number of halogens is 7. The Balaban J connectivity index is 4.34. The summed E-state index contributed by atoms with van der Waals surface area (Å²) in [6, 6.07) is 0. The van der Waals surface area contributed by atoms with Crippen LogP contribution in [0.4, 0.5) is 26.3 Å². The monoisotopic (exact) mass is 212 g/mol. The second-order valence-corrected chi connectivity index (χ2v) is 2.54. The van der Waals surface area contributed by atoms with Crippen LogP contribution in [0.15, 0.2) is 12.2 Å². The van der Waals surface area contributed by atoms with E-state index in [0.29, 0.717) is 0 Å². The van der Waals surface area contributed by atoms with Gasteiger partial charge in [0.1, 0.15) is 0 Å². The Bertz CT molecular complexity index is 177. The summed E-state index contributed by atoms with van der Waals surface area (Å²) in [5.74, 6) is -4.29. The van der Waals surface area contributed by atoms with Gasteiger partial charge < -0.3 is 0 Å². The SMILES string of the molecule is FC(F)=CC(F)(F)CC(F)(F)Cl. The van der Waals surface area contributed by atoms with Gasteiger partial charge >= 0.3 is 5.38 Å². The molecule has 0 bridgehead atoms. The second kappa shape index (κ2) is 3.55. The van der Waals surface area contributed by atoms with Gasteiger partial charge in [0.05, 0.1) is 6.42 Å².